The van der Waals surface area contributed by atoms with Crippen molar-refractivity contribution in [1.82, 2.24) is 0 Å². The van der Waals surface area contributed by atoms with Crippen molar-refractivity contribution < 1.29 is 12.8 Å². The van der Waals surface area contributed by atoms with Gasteiger partial charge in [-0.3, -0.25) is 0 Å². The summed E-state index contributed by atoms with van der Waals surface area (Å²) >= 11 is 0. The standard InChI is InChI=1S/C11H13FN2O2S/c1-8(14)6-17(15,16)7-10-4-2-3-9(5-13)11(10)12/h2-4,8H,6-7,14H2,1H3. The van der Waals surface area contributed by atoms with Gasteiger partial charge in [-0.25, -0.2) is 12.8 Å². The van der Waals surface area contributed by atoms with Crippen LogP contribution in [0.25, 0.3) is 0 Å². The van der Waals surface area contributed by atoms with Crippen LogP contribution < -0.4 is 5.73 Å². The number of halogens is 1. The number of benzene rings is 1. The van der Waals surface area contributed by atoms with Crippen LogP contribution in [-0.4, -0.2) is 20.2 Å². The maximum absolute atomic E-state index is 13.6. The van der Waals surface area contributed by atoms with Crippen molar-refractivity contribution in [2.75, 3.05) is 5.75 Å². The van der Waals surface area contributed by atoms with E-state index in [4.69, 9.17) is 11.0 Å². The Morgan fingerprint density at radius 1 is 1.53 bits per heavy atom. The summed E-state index contributed by atoms with van der Waals surface area (Å²) in [5.41, 5.74) is 5.25. The molecule has 0 saturated heterocycles. The number of nitrogens with zero attached hydrogens (tertiary/aromatic N) is 1. The van der Waals surface area contributed by atoms with Crippen LogP contribution in [0.3, 0.4) is 0 Å². The van der Waals surface area contributed by atoms with Gasteiger partial charge in [0.05, 0.1) is 17.1 Å². The summed E-state index contributed by atoms with van der Waals surface area (Å²) in [7, 11) is -3.46. The second kappa shape index (κ2) is 5.25. The fourth-order valence-corrected chi connectivity index (χ4v) is 3.09. The monoisotopic (exact) mass is 256 g/mol. The highest BCUT2D eigenvalue weighted by atomic mass is 32.2. The van der Waals surface area contributed by atoms with Crippen LogP contribution in [0, 0.1) is 17.1 Å². The number of hydrogen-bond donors (Lipinski definition) is 1. The Balaban J connectivity index is 3.01. The van der Waals surface area contributed by atoms with E-state index in [1.807, 2.05) is 0 Å². The van der Waals surface area contributed by atoms with Crippen LogP contribution in [0.2, 0.25) is 0 Å². The summed E-state index contributed by atoms with van der Waals surface area (Å²) < 4.78 is 36.9. The summed E-state index contributed by atoms with van der Waals surface area (Å²) in [6.07, 6.45) is 0. The molecule has 0 bridgehead atoms. The molecule has 4 nitrogen and oxygen atoms in total. The minimum atomic E-state index is -3.46. The first-order valence-corrected chi connectivity index (χ1v) is 6.81. The minimum Gasteiger partial charge on any atom is -0.327 e. The Morgan fingerprint density at radius 3 is 2.71 bits per heavy atom. The molecule has 6 heteroatoms. The Kier molecular flexibility index (Phi) is 4.21. The van der Waals surface area contributed by atoms with E-state index >= 15 is 0 Å². The normalized spacial score (nSPS) is 13.1. The van der Waals surface area contributed by atoms with Gasteiger partial charge in [0.1, 0.15) is 11.9 Å². The molecule has 0 fully saturated rings. The molecule has 0 aliphatic heterocycles. The lowest BCUT2D eigenvalue weighted by Gasteiger charge is -2.08. The quantitative estimate of drug-likeness (QED) is 0.869. The second-order valence-electron chi connectivity index (χ2n) is 3.92. The molecule has 0 spiro atoms. The van der Waals surface area contributed by atoms with Crippen molar-refractivity contribution in [1.29, 1.82) is 5.26 Å². The zero-order chi connectivity index (χ0) is 13.1. The molecule has 1 unspecified atom stereocenters. The van der Waals surface area contributed by atoms with Crippen molar-refractivity contribution in [3.8, 4) is 6.07 Å². The van der Waals surface area contributed by atoms with Crippen LogP contribution in [0.5, 0.6) is 0 Å². The van der Waals surface area contributed by atoms with E-state index in [0.717, 1.165) is 0 Å². The van der Waals surface area contributed by atoms with E-state index in [0.29, 0.717) is 0 Å². The van der Waals surface area contributed by atoms with Crippen molar-refractivity contribution >= 4 is 9.84 Å². The van der Waals surface area contributed by atoms with Gasteiger partial charge in [-0.15, -0.1) is 0 Å². The van der Waals surface area contributed by atoms with E-state index in [-0.39, 0.29) is 16.9 Å². The van der Waals surface area contributed by atoms with Gasteiger partial charge in [0, 0.05) is 11.6 Å². The number of nitriles is 1. The largest absolute Gasteiger partial charge is 0.327 e. The molecule has 0 aliphatic rings. The van der Waals surface area contributed by atoms with E-state index in [1.165, 1.54) is 18.2 Å². The average molecular weight is 256 g/mol. The molecule has 0 aromatic heterocycles. The summed E-state index contributed by atoms with van der Waals surface area (Å²) in [5.74, 6) is -1.41. The van der Waals surface area contributed by atoms with Gasteiger partial charge in [-0.05, 0) is 13.0 Å². The van der Waals surface area contributed by atoms with Crippen LogP contribution in [0.4, 0.5) is 4.39 Å². The molecular weight excluding hydrogens is 243 g/mol. The third kappa shape index (κ3) is 3.80. The molecule has 1 rings (SSSR count). The fraction of sp³-hybridized carbons (Fsp3) is 0.364. The van der Waals surface area contributed by atoms with Gasteiger partial charge < -0.3 is 5.73 Å². The lowest BCUT2D eigenvalue weighted by atomic mass is 10.1. The molecule has 17 heavy (non-hydrogen) atoms. The first kappa shape index (κ1) is 13.6. The van der Waals surface area contributed by atoms with Crippen LogP contribution in [0.1, 0.15) is 18.1 Å². The number of nitrogens with two attached hydrogens (primary N) is 1. The van der Waals surface area contributed by atoms with Crippen molar-refractivity contribution in [3.05, 3.63) is 35.1 Å². The highest BCUT2D eigenvalue weighted by Crippen LogP contribution is 2.15. The average Bonchev–Trinajstić information content (AvgIpc) is 2.19. The van der Waals surface area contributed by atoms with Gasteiger partial charge in [-0.2, -0.15) is 5.26 Å². The third-order valence-electron chi connectivity index (χ3n) is 2.09. The molecule has 0 saturated carbocycles. The molecular formula is C11H13FN2O2S. The van der Waals surface area contributed by atoms with Crippen LogP contribution >= 0.6 is 0 Å². The van der Waals surface area contributed by atoms with Gasteiger partial charge in [-0.1, -0.05) is 12.1 Å². The molecule has 0 aliphatic carbocycles. The van der Waals surface area contributed by atoms with Gasteiger partial charge in [0.15, 0.2) is 9.84 Å². The molecule has 0 amide bonds. The molecule has 1 atom stereocenters. The maximum Gasteiger partial charge on any atom is 0.156 e. The molecule has 0 heterocycles. The summed E-state index contributed by atoms with van der Waals surface area (Å²) in [6.45, 7) is 1.57. The Bertz CT molecular complexity index is 547. The van der Waals surface area contributed by atoms with E-state index in [2.05, 4.69) is 0 Å². The molecule has 1 aromatic rings. The number of hydrogen-bond acceptors (Lipinski definition) is 4. The Labute approximate surface area is 99.8 Å². The topological polar surface area (TPSA) is 84.0 Å². The molecule has 0 radical (unpaired) electrons. The smallest absolute Gasteiger partial charge is 0.156 e. The first-order chi connectivity index (χ1) is 7.85. The highest BCUT2D eigenvalue weighted by Gasteiger charge is 2.18. The summed E-state index contributed by atoms with van der Waals surface area (Å²) in [4.78, 5) is 0. The Morgan fingerprint density at radius 2 is 2.18 bits per heavy atom. The van der Waals surface area contributed by atoms with Crippen molar-refractivity contribution in [3.63, 3.8) is 0 Å². The van der Waals surface area contributed by atoms with Crippen LogP contribution in [0.15, 0.2) is 18.2 Å². The van der Waals surface area contributed by atoms with E-state index in [1.54, 1.807) is 13.0 Å². The number of rotatable bonds is 4. The maximum atomic E-state index is 13.6. The predicted molar refractivity (Wildman–Crippen MR) is 62.3 cm³/mol. The number of sulfone groups is 1. The zero-order valence-electron chi connectivity index (χ0n) is 9.35. The summed E-state index contributed by atoms with van der Waals surface area (Å²) in [6, 6.07) is 5.29. The van der Waals surface area contributed by atoms with E-state index < -0.39 is 27.4 Å². The predicted octanol–water partition coefficient (Wildman–Crippen LogP) is 0.959. The second-order valence-corrected chi connectivity index (χ2v) is 6.03. The van der Waals surface area contributed by atoms with E-state index in [9.17, 15) is 12.8 Å². The van der Waals surface area contributed by atoms with Gasteiger partial charge >= 0.3 is 0 Å². The third-order valence-corrected chi connectivity index (χ3v) is 3.88. The van der Waals surface area contributed by atoms with Gasteiger partial charge in [0.2, 0.25) is 0 Å². The van der Waals surface area contributed by atoms with Crippen LogP contribution in [-0.2, 0) is 15.6 Å². The highest BCUT2D eigenvalue weighted by molar-refractivity contribution is 7.90. The lowest BCUT2D eigenvalue weighted by molar-refractivity contribution is 0.581. The lowest BCUT2D eigenvalue weighted by Crippen LogP contribution is -2.27. The fourth-order valence-electron chi connectivity index (χ4n) is 1.47. The molecule has 2 N–H and O–H groups in total. The van der Waals surface area contributed by atoms with Crippen molar-refractivity contribution in [2.24, 2.45) is 5.73 Å². The molecule has 92 valence electrons. The SMILES string of the molecule is CC(N)CS(=O)(=O)Cc1cccc(C#N)c1F. The Hall–Kier alpha value is -1.45. The van der Waals surface area contributed by atoms with Gasteiger partial charge in [0.25, 0.3) is 0 Å². The molecule has 1 aromatic carbocycles. The minimum absolute atomic E-state index is 0.00435. The zero-order valence-corrected chi connectivity index (χ0v) is 10.2. The first-order valence-electron chi connectivity index (χ1n) is 4.99. The summed E-state index contributed by atoms with van der Waals surface area (Å²) in [5, 5.41) is 8.63. The van der Waals surface area contributed by atoms with Crippen molar-refractivity contribution in [2.45, 2.75) is 18.7 Å².